The zero-order valence-corrected chi connectivity index (χ0v) is 29.4. The third kappa shape index (κ3) is 4.88. The third-order valence-corrected chi connectivity index (χ3v) is 11.0. The first-order chi connectivity index (χ1) is 26.8. The van der Waals surface area contributed by atoms with Gasteiger partial charge in [0.15, 0.2) is 0 Å². The van der Waals surface area contributed by atoms with Gasteiger partial charge in [-0.2, -0.15) is 0 Å². The topological polar surface area (TPSA) is 34.2 Å². The lowest BCUT2D eigenvalue weighted by atomic mass is 9.93. The van der Waals surface area contributed by atoms with Crippen molar-refractivity contribution in [3.63, 3.8) is 0 Å². The summed E-state index contributed by atoms with van der Waals surface area (Å²) < 4.78 is 4.73. The second kappa shape index (κ2) is 12.2. The lowest BCUT2D eigenvalue weighted by Crippen LogP contribution is -2.22. The molecular formula is C50H34N4. The Balaban J connectivity index is 1.01. The van der Waals surface area contributed by atoms with Crippen LogP contribution in [0.15, 0.2) is 199 Å². The third-order valence-electron chi connectivity index (χ3n) is 11.0. The molecule has 4 heteroatoms. The Morgan fingerprint density at radius 2 is 1.17 bits per heavy atom. The molecule has 1 aliphatic rings. The summed E-state index contributed by atoms with van der Waals surface area (Å²) in [6.07, 6.45) is 2.18. The highest BCUT2D eigenvalue weighted by Gasteiger charge is 2.24. The van der Waals surface area contributed by atoms with E-state index in [9.17, 15) is 0 Å². The number of anilines is 1. The molecule has 0 radical (unpaired) electrons. The summed E-state index contributed by atoms with van der Waals surface area (Å²) in [5.74, 6) is 0.868. The van der Waals surface area contributed by atoms with Gasteiger partial charge in [0, 0.05) is 50.5 Å². The molecule has 254 valence electrons. The van der Waals surface area contributed by atoms with Gasteiger partial charge in [-0.1, -0.05) is 121 Å². The summed E-state index contributed by atoms with van der Waals surface area (Å²) in [6.45, 7) is 0. The number of rotatable bonds is 5. The van der Waals surface area contributed by atoms with Crippen LogP contribution in [-0.2, 0) is 0 Å². The van der Waals surface area contributed by atoms with Gasteiger partial charge < -0.3 is 14.5 Å². The molecule has 0 saturated heterocycles. The minimum Gasteiger partial charge on any atom is -0.340 e. The zero-order chi connectivity index (χ0) is 35.6. The molecule has 11 rings (SSSR count). The summed E-state index contributed by atoms with van der Waals surface area (Å²) in [4.78, 5) is 5.40. The Morgan fingerprint density at radius 1 is 0.463 bits per heavy atom. The highest BCUT2D eigenvalue weighted by Crippen LogP contribution is 2.40. The number of aliphatic imine (C=N–C) groups is 1. The van der Waals surface area contributed by atoms with E-state index in [2.05, 4.69) is 209 Å². The van der Waals surface area contributed by atoms with Crippen molar-refractivity contribution in [2.75, 3.05) is 5.32 Å². The van der Waals surface area contributed by atoms with E-state index in [4.69, 9.17) is 4.99 Å². The van der Waals surface area contributed by atoms with Gasteiger partial charge in [-0.25, -0.2) is 0 Å². The first-order valence-corrected chi connectivity index (χ1v) is 18.5. The van der Waals surface area contributed by atoms with Gasteiger partial charge in [0.1, 0.15) is 11.9 Å². The molecule has 1 aliphatic heterocycles. The standard InChI is InChI=1S/C50H34N4/c1-3-11-33(12-4-1)36-19-20-38-32-39(22-21-37(38)31-36)47-44-16-7-9-17-45(44)51-50(52-47)35-23-26-41(27-24-35)54-46-18-10-8-15-42(46)43-28-25-34-29-30-53(48(34)49(43)54)40-13-5-2-6-14-40/h1-32,47H,(H,51,52). The summed E-state index contributed by atoms with van der Waals surface area (Å²) in [5, 5.41) is 9.80. The van der Waals surface area contributed by atoms with Crippen molar-refractivity contribution in [1.82, 2.24) is 9.13 Å². The normalized spacial score (nSPS) is 14.0. The first kappa shape index (κ1) is 30.5. The molecule has 2 aromatic heterocycles. The monoisotopic (exact) mass is 690 g/mol. The predicted octanol–water partition coefficient (Wildman–Crippen LogP) is 12.5. The molecule has 3 heterocycles. The van der Waals surface area contributed by atoms with Gasteiger partial charge in [0.25, 0.3) is 0 Å². The van der Waals surface area contributed by atoms with E-state index in [-0.39, 0.29) is 6.04 Å². The largest absolute Gasteiger partial charge is 0.340 e. The Bertz CT molecular complexity index is 3060. The molecule has 0 spiro atoms. The van der Waals surface area contributed by atoms with Crippen molar-refractivity contribution in [2.24, 2.45) is 4.99 Å². The van der Waals surface area contributed by atoms with Crippen LogP contribution in [0, 0.1) is 0 Å². The van der Waals surface area contributed by atoms with Crippen LogP contribution in [0.25, 0.3) is 66.0 Å². The lowest BCUT2D eigenvalue weighted by Gasteiger charge is -2.26. The molecule has 1 N–H and O–H groups in total. The van der Waals surface area contributed by atoms with E-state index in [1.165, 1.54) is 65.7 Å². The summed E-state index contributed by atoms with van der Waals surface area (Å²) in [6, 6.07) is 67.4. The fourth-order valence-corrected chi connectivity index (χ4v) is 8.37. The number of hydrogen-bond donors (Lipinski definition) is 1. The number of hydrogen-bond acceptors (Lipinski definition) is 2. The molecule has 8 aromatic carbocycles. The minimum atomic E-state index is -0.133. The second-order valence-electron chi connectivity index (χ2n) is 14.1. The summed E-state index contributed by atoms with van der Waals surface area (Å²) >= 11 is 0. The van der Waals surface area contributed by atoms with Crippen molar-refractivity contribution in [3.8, 4) is 22.5 Å². The van der Waals surface area contributed by atoms with Gasteiger partial charge in [-0.15, -0.1) is 0 Å². The lowest BCUT2D eigenvalue weighted by molar-refractivity contribution is 0.865. The fraction of sp³-hybridized carbons (Fsp3) is 0.0200. The molecule has 0 aliphatic carbocycles. The predicted molar refractivity (Wildman–Crippen MR) is 225 cm³/mol. The van der Waals surface area contributed by atoms with Crippen LogP contribution in [0.1, 0.15) is 22.7 Å². The molecule has 0 saturated carbocycles. The number of amidine groups is 1. The SMILES string of the molecule is c1ccc(-c2ccc3cc(C4N=C(c5ccc(-n6c7ccccc7c7ccc8ccn(-c9ccccc9)c8c76)cc5)Nc5ccccc54)ccc3c2)cc1. The maximum absolute atomic E-state index is 5.40. The highest BCUT2D eigenvalue weighted by atomic mass is 15.1. The Hall–Kier alpha value is -7.17. The molecule has 0 amide bonds. The number of fused-ring (bicyclic) bond motifs is 7. The van der Waals surface area contributed by atoms with Crippen LogP contribution in [0.2, 0.25) is 0 Å². The molecule has 0 bridgehead atoms. The average Bonchev–Trinajstić information content (AvgIpc) is 3.83. The first-order valence-electron chi connectivity index (χ1n) is 18.5. The van der Waals surface area contributed by atoms with Crippen LogP contribution in [0.4, 0.5) is 5.69 Å². The smallest absolute Gasteiger partial charge is 0.133 e. The van der Waals surface area contributed by atoms with Gasteiger partial charge in [-0.05, 0) is 94.2 Å². The molecule has 4 nitrogen and oxygen atoms in total. The van der Waals surface area contributed by atoms with Crippen LogP contribution >= 0.6 is 0 Å². The zero-order valence-electron chi connectivity index (χ0n) is 29.4. The number of benzene rings is 8. The maximum Gasteiger partial charge on any atom is 0.133 e. The van der Waals surface area contributed by atoms with Crippen LogP contribution in [0.5, 0.6) is 0 Å². The second-order valence-corrected chi connectivity index (χ2v) is 14.1. The van der Waals surface area contributed by atoms with Gasteiger partial charge in [0.2, 0.25) is 0 Å². The Morgan fingerprint density at radius 3 is 2.04 bits per heavy atom. The van der Waals surface area contributed by atoms with E-state index >= 15 is 0 Å². The van der Waals surface area contributed by atoms with E-state index in [1.807, 2.05) is 0 Å². The van der Waals surface area contributed by atoms with E-state index in [0.29, 0.717) is 0 Å². The van der Waals surface area contributed by atoms with Gasteiger partial charge in [0.05, 0.1) is 16.6 Å². The Kier molecular flexibility index (Phi) is 6.89. The number of nitrogens with zero attached hydrogens (tertiary/aromatic N) is 3. The maximum atomic E-state index is 5.40. The Labute approximate surface area is 312 Å². The van der Waals surface area contributed by atoms with Crippen molar-refractivity contribution in [1.29, 1.82) is 0 Å². The highest BCUT2D eigenvalue weighted by molar-refractivity contribution is 6.18. The van der Waals surface area contributed by atoms with Gasteiger partial charge >= 0.3 is 0 Å². The number of para-hydroxylation sites is 3. The van der Waals surface area contributed by atoms with Crippen LogP contribution in [-0.4, -0.2) is 15.0 Å². The van der Waals surface area contributed by atoms with Crippen molar-refractivity contribution >= 4 is 55.0 Å². The summed E-state index contributed by atoms with van der Waals surface area (Å²) in [7, 11) is 0. The molecule has 0 fully saturated rings. The quantitative estimate of drug-likeness (QED) is 0.192. The number of aromatic nitrogens is 2. The van der Waals surface area contributed by atoms with E-state index < -0.39 is 0 Å². The van der Waals surface area contributed by atoms with Crippen molar-refractivity contribution in [3.05, 3.63) is 211 Å². The van der Waals surface area contributed by atoms with E-state index in [0.717, 1.165) is 28.5 Å². The fourth-order valence-electron chi connectivity index (χ4n) is 8.37. The van der Waals surface area contributed by atoms with Gasteiger partial charge in [-0.3, -0.25) is 4.99 Å². The number of nitrogens with one attached hydrogen (secondary N) is 1. The van der Waals surface area contributed by atoms with Crippen molar-refractivity contribution < 1.29 is 0 Å². The molecule has 54 heavy (non-hydrogen) atoms. The average molecular weight is 691 g/mol. The minimum absolute atomic E-state index is 0.133. The molecule has 1 atom stereocenters. The van der Waals surface area contributed by atoms with Crippen LogP contribution < -0.4 is 5.32 Å². The molecular weight excluding hydrogens is 657 g/mol. The van der Waals surface area contributed by atoms with E-state index in [1.54, 1.807) is 0 Å². The summed E-state index contributed by atoms with van der Waals surface area (Å²) in [5.41, 5.74) is 12.8. The molecule has 10 aromatic rings. The van der Waals surface area contributed by atoms with Crippen molar-refractivity contribution in [2.45, 2.75) is 6.04 Å². The van der Waals surface area contributed by atoms with Crippen LogP contribution in [0.3, 0.4) is 0 Å². The molecule has 1 unspecified atom stereocenters.